The number of alkyl halides is 3. The van der Waals surface area contributed by atoms with Gasteiger partial charge in [-0.25, -0.2) is 19.3 Å². The lowest BCUT2D eigenvalue weighted by Crippen LogP contribution is -2.21. The number of nitrogens with one attached hydrogen (secondary N) is 1. The Balaban J connectivity index is 1.52. The van der Waals surface area contributed by atoms with Crippen LogP contribution in [0.5, 0.6) is 5.88 Å². The molecule has 0 aliphatic carbocycles. The van der Waals surface area contributed by atoms with Crippen LogP contribution in [0.4, 0.5) is 18.9 Å². The molecule has 0 saturated carbocycles. The van der Waals surface area contributed by atoms with Gasteiger partial charge in [0, 0.05) is 23.2 Å². The third-order valence-electron chi connectivity index (χ3n) is 5.61. The predicted molar refractivity (Wildman–Crippen MR) is 131 cm³/mol. The molecular weight excluding hydrogens is 527 g/mol. The first kappa shape index (κ1) is 25.2. The number of carbonyl (C=O) groups is 1. The zero-order valence-corrected chi connectivity index (χ0v) is 20.2. The number of amides is 1. The second-order valence-electron chi connectivity index (χ2n) is 7.88. The fourth-order valence-electron chi connectivity index (χ4n) is 3.98. The lowest BCUT2D eigenvalue weighted by atomic mass is 10.1. The number of nitrogens with zero attached hydrogens (tertiary/aromatic N) is 6. The number of aromatic nitrogens is 6. The maximum atomic E-state index is 14.3. The van der Waals surface area contributed by atoms with Crippen molar-refractivity contribution < 1.29 is 27.8 Å². The van der Waals surface area contributed by atoms with Crippen molar-refractivity contribution in [2.45, 2.75) is 12.8 Å². The lowest BCUT2D eigenvalue weighted by Gasteiger charge is -2.15. The fourth-order valence-corrected chi connectivity index (χ4v) is 4.22. The smallest absolute Gasteiger partial charge is 0.434 e. The van der Waals surface area contributed by atoms with Crippen LogP contribution in [0.15, 0.2) is 61.2 Å². The molecule has 0 bridgehead atoms. The Morgan fingerprint density at radius 2 is 1.89 bits per heavy atom. The van der Waals surface area contributed by atoms with Crippen molar-refractivity contribution in [1.82, 2.24) is 29.5 Å². The van der Waals surface area contributed by atoms with Crippen LogP contribution in [0.3, 0.4) is 0 Å². The average molecular weight is 544 g/mol. The van der Waals surface area contributed by atoms with E-state index in [1.54, 1.807) is 18.2 Å². The molecule has 5 aromatic rings. The Morgan fingerprint density at radius 3 is 2.61 bits per heavy atom. The molecule has 4 aromatic heterocycles. The van der Waals surface area contributed by atoms with Crippen LogP contribution >= 0.6 is 11.6 Å². The molecule has 0 aliphatic heterocycles. The minimum atomic E-state index is -4.93. The molecule has 0 aliphatic rings. The molecule has 5 rings (SSSR count). The Morgan fingerprint density at radius 1 is 1.08 bits per heavy atom. The third-order valence-corrected chi connectivity index (χ3v) is 5.89. The van der Waals surface area contributed by atoms with E-state index >= 15 is 0 Å². The molecule has 4 heterocycles. The summed E-state index contributed by atoms with van der Waals surface area (Å²) in [6.45, 7) is -0.319. The number of rotatable bonds is 6. The number of ether oxygens (including phenoxy) is 1. The van der Waals surface area contributed by atoms with Gasteiger partial charge in [-0.15, -0.1) is 0 Å². The van der Waals surface area contributed by atoms with E-state index in [-0.39, 0.29) is 34.7 Å². The summed E-state index contributed by atoms with van der Waals surface area (Å²) in [6, 6.07) is 9.05. The molecule has 1 amide bonds. The van der Waals surface area contributed by atoms with E-state index in [1.165, 1.54) is 48.6 Å². The first-order chi connectivity index (χ1) is 18.2. The van der Waals surface area contributed by atoms with E-state index in [1.807, 2.05) is 0 Å². The second-order valence-corrected chi connectivity index (χ2v) is 8.29. The lowest BCUT2D eigenvalue weighted by molar-refractivity contribution is -0.143. The molecule has 194 valence electrons. The summed E-state index contributed by atoms with van der Waals surface area (Å²) in [5, 5.41) is 20.7. The number of aliphatic hydroxyl groups excluding tert-OH is 1. The number of anilines is 1. The molecule has 38 heavy (non-hydrogen) atoms. The fraction of sp³-hybridized carbons (Fsp3) is 0.125. The number of hydrogen-bond acceptors (Lipinski definition) is 7. The molecule has 0 fully saturated rings. The molecule has 14 heteroatoms. The zero-order valence-electron chi connectivity index (χ0n) is 19.4. The number of methoxy groups -OCH3 is 1. The van der Waals surface area contributed by atoms with Crippen molar-refractivity contribution >= 4 is 34.0 Å². The largest absolute Gasteiger partial charge is 0.481 e. The quantitative estimate of drug-likeness (QED) is 0.325. The highest BCUT2D eigenvalue weighted by Gasteiger charge is 2.41. The van der Waals surface area contributed by atoms with Gasteiger partial charge in [-0.2, -0.15) is 23.4 Å². The van der Waals surface area contributed by atoms with Gasteiger partial charge in [0.25, 0.3) is 5.91 Å². The summed E-state index contributed by atoms with van der Waals surface area (Å²) in [6.07, 6.45) is -0.0248. The van der Waals surface area contributed by atoms with Crippen LogP contribution in [0.1, 0.15) is 21.7 Å². The van der Waals surface area contributed by atoms with Crippen molar-refractivity contribution in [3.8, 4) is 17.4 Å². The summed E-state index contributed by atoms with van der Waals surface area (Å²) >= 11 is 6.28. The maximum Gasteiger partial charge on any atom is 0.434 e. The Bertz CT molecular complexity index is 1670. The highest BCUT2D eigenvalue weighted by molar-refractivity contribution is 6.32. The van der Waals surface area contributed by atoms with Gasteiger partial charge in [0.1, 0.15) is 0 Å². The van der Waals surface area contributed by atoms with Gasteiger partial charge in [-0.3, -0.25) is 4.79 Å². The monoisotopic (exact) mass is 543 g/mol. The number of hydrogen-bond donors (Lipinski definition) is 2. The van der Waals surface area contributed by atoms with Gasteiger partial charge < -0.3 is 15.2 Å². The first-order valence-electron chi connectivity index (χ1n) is 10.9. The van der Waals surface area contributed by atoms with Crippen LogP contribution in [0.25, 0.3) is 22.3 Å². The van der Waals surface area contributed by atoms with Gasteiger partial charge in [0.15, 0.2) is 11.5 Å². The maximum absolute atomic E-state index is 14.3. The Kier molecular flexibility index (Phi) is 6.46. The number of pyridine rings is 2. The SMILES string of the molecule is COc1nccc2c(-n3ncc(C(=O)Nc4cnc(-n5nccc5CO)c(Cl)c4)c3C(F)(F)F)cccc12. The summed E-state index contributed by atoms with van der Waals surface area (Å²) in [4.78, 5) is 21.2. The predicted octanol–water partition coefficient (Wildman–Crippen LogP) is 4.43. The molecule has 1 aromatic carbocycles. The summed E-state index contributed by atoms with van der Waals surface area (Å²) in [5.41, 5.74) is -1.42. The molecular formula is C24H17ClF3N7O3. The van der Waals surface area contributed by atoms with Crippen LogP contribution in [0.2, 0.25) is 5.02 Å². The minimum Gasteiger partial charge on any atom is -0.481 e. The molecule has 2 N–H and O–H groups in total. The number of aliphatic hydroxyl groups is 1. The average Bonchev–Trinajstić information content (AvgIpc) is 3.55. The highest BCUT2D eigenvalue weighted by atomic mass is 35.5. The van der Waals surface area contributed by atoms with Crippen molar-refractivity contribution in [2.24, 2.45) is 0 Å². The van der Waals surface area contributed by atoms with Crippen molar-refractivity contribution in [1.29, 1.82) is 0 Å². The van der Waals surface area contributed by atoms with Crippen LogP contribution in [0, 0.1) is 0 Å². The number of benzene rings is 1. The Labute approximate surface area is 217 Å². The van der Waals surface area contributed by atoms with Gasteiger partial charge >= 0.3 is 6.18 Å². The van der Waals surface area contributed by atoms with Crippen molar-refractivity contribution in [2.75, 3.05) is 12.4 Å². The third kappa shape index (κ3) is 4.41. The van der Waals surface area contributed by atoms with Crippen LogP contribution in [-0.2, 0) is 12.8 Å². The summed E-state index contributed by atoms with van der Waals surface area (Å²) in [7, 11) is 1.40. The van der Waals surface area contributed by atoms with E-state index in [4.69, 9.17) is 16.3 Å². The second kappa shape index (κ2) is 9.76. The highest BCUT2D eigenvalue weighted by Crippen LogP contribution is 2.36. The van der Waals surface area contributed by atoms with E-state index in [0.29, 0.717) is 21.1 Å². The number of carbonyl (C=O) groups excluding carboxylic acids is 1. The molecule has 0 spiro atoms. The topological polar surface area (TPSA) is 120 Å². The molecule has 0 unspecified atom stereocenters. The van der Waals surface area contributed by atoms with E-state index in [0.717, 1.165) is 6.20 Å². The molecule has 0 radical (unpaired) electrons. The minimum absolute atomic E-state index is 0.0447. The van der Waals surface area contributed by atoms with Crippen LogP contribution in [-0.4, -0.2) is 47.7 Å². The standard InChI is InChI=1S/C24H17ClF3N7O3/c1-38-23-16-3-2-4-19(15(16)6-7-29-23)35-20(24(26,27)28)17(11-32-35)22(37)33-13-9-18(25)21(30-10-13)34-14(12-36)5-8-31-34/h2-11,36H,12H2,1H3,(H,33,37). The molecule has 10 nitrogen and oxygen atoms in total. The van der Waals surface area contributed by atoms with Gasteiger partial charge in [-0.1, -0.05) is 17.7 Å². The first-order valence-corrected chi connectivity index (χ1v) is 11.3. The van der Waals surface area contributed by atoms with Crippen LogP contribution < -0.4 is 10.1 Å². The number of halogens is 4. The van der Waals surface area contributed by atoms with E-state index in [2.05, 4.69) is 25.5 Å². The van der Waals surface area contributed by atoms with Crippen molar-refractivity contribution in [3.05, 3.63) is 83.2 Å². The normalized spacial score (nSPS) is 11.6. The summed E-state index contributed by atoms with van der Waals surface area (Å²) < 4.78 is 50.0. The van der Waals surface area contributed by atoms with Crippen molar-refractivity contribution in [3.63, 3.8) is 0 Å². The molecule has 0 saturated heterocycles. The van der Waals surface area contributed by atoms with Gasteiger partial charge in [0.05, 0.1) is 53.8 Å². The molecule has 0 atom stereocenters. The summed E-state index contributed by atoms with van der Waals surface area (Å²) in [5.74, 6) is -0.663. The van der Waals surface area contributed by atoms with Gasteiger partial charge in [-0.05, 0) is 30.3 Å². The van der Waals surface area contributed by atoms with E-state index < -0.39 is 23.3 Å². The van der Waals surface area contributed by atoms with E-state index in [9.17, 15) is 23.1 Å². The zero-order chi connectivity index (χ0) is 27.0. The van der Waals surface area contributed by atoms with Gasteiger partial charge in [0.2, 0.25) is 5.88 Å². The number of fused-ring (bicyclic) bond motifs is 1. The Hall–Kier alpha value is -4.49.